The second-order valence-corrected chi connectivity index (χ2v) is 6.92. The van der Waals surface area contributed by atoms with E-state index >= 15 is 0 Å². The lowest BCUT2D eigenvalue weighted by Gasteiger charge is -2.26. The van der Waals surface area contributed by atoms with Crippen molar-refractivity contribution in [2.45, 2.75) is 53.0 Å². The molecule has 0 heterocycles. The van der Waals surface area contributed by atoms with E-state index in [9.17, 15) is 0 Å². The number of nitrogens with one attached hydrogen (secondary N) is 1. The smallest absolute Gasteiger partial charge is 0.122 e. The van der Waals surface area contributed by atoms with Gasteiger partial charge in [-0.2, -0.15) is 0 Å². The Morgan fingerprint density at radius 1 is 1.25 bits per heavy atom. The molecule has 0 spiro atoms. The summed E-state index contributed by atoms with van der Waals surface area (Å²) in [6, 6.07) is 6.40. The lowest BCUT2D eigenvalue weighted by Crippen LogP contribution is -2.28. The van der Waals surface area contributed by atoms with Crippen LogP contribution in [0.15, 0.2) is 18.2 Å². The summed E-state index contributed by atoms with van der Waals surface area (Å²) >= 11 is 6.08. The van der Waals surface area contributed by atoms with Gasteiger partial charge >= 0.3 is 0 Å². The van der Waals surface area contributed by atoms with E-state index in [0.717, 1.165) is 30.2 Å². The fourth-order valence-electron chi connectivity index (χ4n) is 2.24. The predicted octanol–water partition coefficient (Wildman–Crippen LogP) is 4.70. The third-order valence-electron chi connectivity index (χ3n) is 3.67. The summed E-state index contributed by atoms with van der Waals surface area (Å²) in [5, 5.41) is 4.26. The van der Waals surface area contributed by atoms with Gasteiger partial charge in [0.15, 0.2) is 0 Å². The fraction of sp³-hybridized carbons (Fsp3) is 0.647. The molecule has 0 aromatic heterocycles. The lowest BCUT2D eigenvalue weighted by molar-refractivity contribution is 0.296. The molecule has 0 aliphatic carbocycles. The first-order valence-corrected chi connectivity index (χ1v) is 7.77. The van der Waals surface area contributed by atoms with Gasteiger partial charge in [-0.1, -0.05) is 39.3 Å². The van der Waals surface area contributed by atoms with Crippen LogP contribution in [0.5, 0.6) is 5.75 Å². The third kappa shape index (κ3) is 6.15. The van der Waals surface area contributed by atoms with Crippen LogP contribution in [0.3, 0.4) is 0 Å². The molecule has 2 nitrogen and oxygen atoms in total. The molecule has 0 aliphatic heterocycles. The summed E-state index contributed by atoms with van der Waals surface area (Å²) in [7, 11) is 1.71. The normalized spacial score (nSPS) is 11.9. The molecule has 0 radical (unpaired) electrons. The fourth-order valence-corrected chi connectivity index (χ4v) is 2.43. The summed E-state index contributed by atoms with van der Waals surface area (Å²) in [6.07, 6.45) is 3.30. The van der Waals surface area contributed by atoms with Crippen LogP contribution in [0.2, 0.25) is 5.02 Å². The number of rotatable bonds is 8. The molecule has 1 aromatic carbocycles. The van der Waals surface area contributed by atoms with Crippen LogP contribution in [0.1, 0.15) is 46.1 Å². The van der Waals surface area contributed by atoms with Gasteiger partial charge < -0.3 is 10.1 Å². The van der Waals surface area contributed by atoms with Crippen LogP contribution in [-0.2, 0) is 6.42 Å². The van der Waals surface area contributed by atoms with E-state index < -0.39 is 0 Å². The Hall–Kier alpha value is -0.730. The van der Waals surface area contributed by atoms with Gasteiger partial charge in [0, 0.05) is 11.1 Å². The van der Waals surface area contributed by atoms with E-state index in [-0.39, 0.29) is 0 Å². The molecule has 0 amide bonds. The van der Waals surface area contributed by atoms with Crippen molar-refractivity contribution in [2.24, 2.45) is 5.41 Å². The van der Waals surface area contributed by atoms with Gasteiger partial charge in [-0.3, -0.25) is 0 Å². The number of hydrogen-bond donors (Lipinski definition) is 1. The van der Waals surface area contributed by atoms with E-state index in [1.165, 1.54) is 12.0 Å². The van der Waals surface area contributed by atoms with Gasteiger partial charge in [-0.05, 0) is 55.0 Å². The first-order chi connectivity index (χ1) is 9.34. The van der Waals surface area contributed by atoms with Gasteiger partial charge in [0.1, 0.15) is 5.75 Å². The number of methoxy groups -OCH3 is 1. The Labute approximate surface area is 128 Å². The molecule has 0 saturated heterocycles. The molecule has 1 rings (SSSR count). The minimum Gasteiger partial charge on any atom is -0.496 e. The SMILES string of the molecule is COc1ccc(Cl)cc1CCC(C)(C)CCNC(C)C. The van der Waals surface area contributed by atoms with Crippen LogP contribution >= 0.6 is 11.6 Å². The van der Waals surface area contributed by atoms with Gasteiger partial charge in [0.05, 0.1) is 7.11 Å². The van der Waals surface area contributed by atoms with Gasteiger partial charge in [-0.25, -0.2) is 0 Å². The Balaban J connectivity index is 2.54. The molecular formula is C17H28ClNO. The van der Waals surface area contributed by atoms with E-state index in [2.05, 4.69) is 33.0 Å². The maximum absolute atomic E-state index is 6.08. The molecule has 3 heteroatoms. The Bertz CT molecular complexity index is 415. The lowest BCUT2D eigenvalue weighted by atomic mass is 9.83. The summed E-state index contributed by atoms with van der Waals surface area (Å²) < 4.78 is 5.41. The summed E-state index contributed by atoms with van der Waals surface area (Å²) in [6.45, 7) is 10.1. The predicted molar refractivity (Wildman–Crippen MR) is 87.9 cm³/mol. The summed E-state index contributed by atoms with van der Waals surface area (Å²) in [5.74, 6) is 0.936. The third-order valence-corrected chi connectivity index (χ3v) is 3.90. The second-order valence-electron chi connectivity index (χ2n) is 6.48. The highest BCUT2D eigenvalue weighted by molar-refractivity contribution is 6.30. The minimum absolute atomic E-state index is 0.315. The highest BCUT2D eigenvalue weighted by atomic mass is 35.5. The maximum Gasteiger partial charge on any atom is 0.122 e. The number of halogens is 1. The van der Waals surface area contributed by atoms with Crippen molar-refractivity contribution < 1.29 is 4.74 Å². The largest absolute Gasteiger partial charge is 0.496 e. The van der Waals surface area contributed by atoms with E-state index in [4.69, 9.17) is 16.3 Å². The number of hydrogen-bond acceptors (Lipinski definition) is 2. The van der Waals surface area contributed by atoms with E-state index in [1.807, 2.05) is 18.2 Å². The first-order valence-electron chi connectivity index (χ1n) is 7.40. The number of aryl methyl sites for hydroxylation is 1. The molecule has 1 N–H and O–H groups in total. The molecule has 0 atom stereocenters. The van der Waals surface area contributed by atoms with Crippen LogP contribution in [-0.4, -0.2) is 19.7 Å². The average Bonchev–Trinajstić information content (AvgIpc) is 2.36. The van der Waals surface area contributed by atoms with Crippen molar-refractivity contribution >= 4 is 11.6 Å². The Morgan fingerprint density at radius 3 is 2.55 bits per heavy atom. The second kappa shape index (κ2) is 7.90. The number of benzene rings is 1. The first kappa shape index (κ1) is 17.3. The topological polar surface area (TPSA) is 21.3 Å². The van der Waals surface area contributed by atoms with Gasteiger partial charge in [0.2, 0.25) is 0 Å². The summed E-state index contributed by atoms with van der Waals surface area (Å²) in [4.78, 5) is 0. The van der Waals surface area contributed by atoms with E-state index in [1.54, 1.807) is 7.11 Å². The molecule has 1 aromatic rings. The molecule has 0 unspecified atom stereocenters. The average molecular weight is 298 g/mol. The van der Waals surface area contributed by atoms with Gasteiger partial charge in [0.25, 0.3) is 0 Å². The summed E-state index contributed by atoms with van der Waals surface area (Å²) in [5.41, 5.74) is 1.51. The molecule has 0 aliphatic rings. The van der Waals surface area contributed by atoms with E-state index in [0.29, 0.717) is 11.5 Å². The molecule has 114 valence electrons. The molecule has 0 saturated carbocycles. The van der Waals surface area contributed by atoms with Crippen LogP contribution in [0, 0.1) is 5.41 Å². The van der Waals surface area contributed by atoms with Crippen molar-refractivity contribution in [3.63, 3.8) is 0 Å². The zero-order chi connectivity index (χ0) is 15.2. The molecule has 0 fully saturated rings. The van der Waals surface area contributed by atoms with Gasteiger partial charge in [-0.15, -0.1) is 0 Å². The number of ether oxygens (including phenoxy) is 1. The standard InChI is InChI=1S/C17H28ClNO/c1-13(2)19-11-10-17(3,4)9-8-14-12-15(18)6-7-16(14)20-5/h6-7,12-13,19H,8-11H2,1-5H3. The molecule has 20 heavy (non-hydrogen) atoms. The highest BCUT2D eigenvalue weighted by Gasteiger charge is 2.18. The Kier molecular flexibility index (Phi) is 6.84. The zero-order valence-corrected chi connectivity index (χ0v) is 14.2. The molecular weight excluding hydrogens is 270 g/mol. The Morgan fingerprint density at radius 2 is 1.95 bits per heavy atom. The highest BCUT2D eigenvalue weighted by Crippen LogP contribution is 2.30. The van der Waals surface area contributed by atoms with Crippen molar-refractivity contribution in [1.82, 2.24) is 5.32 Å². The van der Waals surface area contributed by atoms with Crippen molar-refractivity contribution in [1.29, 1.82) is 0 Å². The molecule has 0 bridgehead atoms. The van der Waals surface area contributed by atoms with Crippen LogP contribution in [0.4, 0.5) is 0 Å². The maximum atomic E-state index is 6.08. The van der Waals surface area contributed by atoms with Crippen molar-refractivity contribution in [2.75, 3.05) is 13.7 Å². The van der Waals surface area contributed by atoms with Crippen molar-refractivity contribution in [3.8, 4) is 5.75 Å². The monoisotopic (exact) mass is 297 g/mol. The minimum atomic E-state index is 0.315. The zero-order valence-electron chi connectivity index (χ0n) is 13.4. The van der Waals surface area contributed by atoms with Crippen molar-refractivity contribution in [3.05, 3.63) is 28.8 Å². The van der Waals surface area contributed by atoms with Crippen LogP contribution in [0.25, 0.3) is 0 Å². The quantitative estimate of drug-likeness (QED) is 0.751. The van der Waals surface area contributed by atoms with Crippen LogP contribution < -0.4 is 10.1 Å².